The average molecular weight is 551 g/mol. The summed E-state index contributed by atoms with van der Waals surface area (Å²) in [6.45, 7) is 26.1. The van der Waals surface area contributed by atoms with E-state index in [-0.39, 0.29) is 33.4 Å². The highest BCUT2D eigenvalue weighted by molar-refractivity contribution is 6.04. The maximum Gasteiger partial charge on any atom is 0.226 e. The second-order valence-corrected chi connectivity index (χ2v) is 14.7. The largest absolute Gasteiger partial charge is 0.356 e. The number of nitriles is 1. The quantitative estimate of drug-likeness (QED) is 0.350. The molecule has 0 bridgehead atoms. The van der Waals surface area contributed by atoms with Gasteiger partial charge >= 0.3 is 0 Å². The van der Waals surface area contributed by atoms with Crippen molar-refractivity contribution < 1.29 is 9.59 Å². The second kappa shape index (κ2) is 11.4. The summed E-state index contributed by atoms with van der Waals surface area (Å²) in [6.07, 6.45) is 12.7. The summed E-state index contributed by atoms with van der Waals surface area (Å²) in [4.78, 5) is 26.7. The number of nitrogens with zero attached hydrogens (tertiary/aromatic N) is 1. The fourth-order valence-electron chi connectivity index (χ4n) is 11.3. The summed E-state index contributed by atoms with van der Waals surface area (Å²) in [5.74, 6) is 2.70. The molecule has 4 fully saturated rings. The predicted molar refractivity (Wildman–Crippen MR) is 165 cm³/mol. The number of ketones is 1. The van der Waals surface area contributed by atoms with Gasteiger partial charge in [-0.1, -0.05) is 67.5 Å². The van der Waals surface area contributed by atoms with Crippen LogP contribution in [0.3, 0.4) is 0 Å². The van der Waals surface area contributed by atoms with Crippen molar-refractivity contribution in [1.29, 1.82) is 5.26 Å². The number of hydrogen-bond acceptors (Lipinski definition) is 3. The number of fused-ring (bicyclic) bond motifs is 7. The molecule has 0 radical (unpaired) electrons. The molecule has 224 valence electrons. The molecule has 9 atom stereocenters. The molecule has 5 aliphatic carbocycles. The van der Waals surface area contributed by atoms with E-state index < -0.39 is 5.41 Å². The molecule has 0 aromatic rings. The van der Waals surface area contributed by atoms with Crippen LogP contribution < -0.4 is 5.32 Å². The van der Waals surface area contributed by atoms with Gasteiger partial charge in [0.1, 0.15) is 6.07 Å². The third kappa shape index (κ3) is 4.35. The molecule has 0 aromatic heterocycles. The smallest absolute Gasteiger partial charge is 0.226 e. The summed E-state index contributed by atoms with van der Waals surface area (Å²) >= 11 is 0. The third-order valence-corrected chi connectivity index (χ3v) is 13.0. The fraction of sp³-hybridized carbons (Fsp3) is 0.806. The molecule has 4 saturated carbocycles. The van der Waals surface area contributed by atoms with Crippen molar-refractivity contribution in [3.8, 4) is 6.07 Å². The highest BCUT2D eigenvalue weighted by Gasteiger charge is 2.71. The zero-order valence-corrected chi connectivity index (χ0v) is 27.4. The summed E-state index contributed by atoms with van der Waals surface area (Å²) in [6, 6.07) is 2.27. The molecule has 0 heterocycles. The van der Waals surface area contributed by atoms with Gasteiger partial charge in [0.2, 0.25) is 5.91 Å². The summed E-state index contributed by atoms with van der Waals surface area (Å²) in [5.41, 5.74) is -0.114. The van der Waals surface area contributed by atoms with Crippen molar-refractivity contribution in [3.63, 3.8) is 0 Å². The van der Waals surface area contributed by atoms with E-state index in [1.807, 2.05) is 27.7 Å². The maximum absolute atomic E-state index is 13.5. The number of hydrogen-bond donors (Lipinski definition) is 1. The summed E-state index contributed by atoms with van der Waals surface area (Å²) < 4.78 is 0. The minimum absolute atomic E-state index is 0.0372. The van der Waals surface area contributed by atoms with Crippen LogP contribution in [0.5, 0.6) is 0 Å². The number of nitrogens with one attached hydrogen (secondary N) is 1. The number of allylic oxidation sites excluding steroid dienone is 3. The van der Waals surface area contributed by atoms with Gasteiger partial charge in [-0.05, 0) is 111 Å². The number of carbonyl (C=O) groups excluding carboxylic acids is 2. The highest BCUT2D eigenvalue weighted by atomic mass is 16.2. The van der Waals surface area contributed by atoms with E-state index in [0.29, 0.717) is 41.7 Å². The van der Waals surface area contributed by atoms with Gasteiger partial charge in [-0.3, -0.25) is 9.59 Å². The highest BCUT2D eigenvalue weighted by Crippen LogP contribution is 2.76. The number of Topliss-reactive ketones (excluding diaryl/α,β-unsaturated/α-hetero) is 1. The van der Waals surface area contributed by atoms with Crippen molar-refractivity contribution in [2.45, 2.75) is 121 Å². The van der Waals surface area contributed by atoms with E-state index in [2.05, 4.69) is 65.6 Å². The van der Waals surface area contributed by atoms with E-state index in [4.69, 9.17) is 0 Å². The molecule has 4 nitrogen and oxygen atoms in total. The van der Waals surface area contributed by atoms with Crippen LogP contribution in [-0.4, -0.2) is 18.2 Å². The Hall–Kier alpha value is -1.89. The molecule has 0 saturated heterocycles. The molecule has 5 aliphatic rings. The first-order chi connectivity index (χ1) is 18.7. The number of rotatable bonds is 2. The van der Waals surface area contributed by atoms with Crippen LogP contribution >= 0.6 is 0 Å². The minimum Gasteiger partial charge on any atom is -0.356 e. The third-order valence-electron chi connectivity index (χ3n) is 13.0. The first-order valence-electron chi connectivity index (χ1n) is 16.3. The average Bonchev–Trinajstić information content (AvgIpc) is 3.26. The number of amides is 1. The molecule has 8 unspecified atom stereocenters. The van der Waals surface area contributed by atoms with Crippen LogP contribution in [0.1, 0.15) is 121 Å². The van der Waals surface area contributed by atoms with Crippen LogP contribution in [0.15, 0.2) is 24.3 Å². The SMILES string of the molecule is C=CC.CC.CCNC(=O)C12CCC(C)C1C1CCC3C4(C)C=C(C#N)C(=O)C(C)(C)C4CCC3(C)[C@]1(C)CC2. The molecule has 1 amide bonds. The van der Waals surface area contributed by atoms with Gasteiger partial charge in [0.25, 0.3) is 0 Å². The van der Waals surface area contributed by atoms with E-state index in [1.165, 1.54) is 12.8 Å². The molecule has 5 rings (SSSR count). The molecule has 40 heavy (non-hydrogen) atoms. The Kier molecular flexibility index (Phi) is 9.31. The lowest BCUT2D eigenvalue weighted by Crippen LogP contribution is -2.66. The zero-order chi connectivity index (χ0) is 30.3. The lowest BCUT2D eigenvalue weighted by atomic mass is 9.33. The summed E-state index contributed by atoms with van der Waals surface area (Å²) in [5, 5.41) is 13.1. The van der Waals surface area contributed by atoms with E-state index >= 15 is 0 Å². The maximum atomic E-state index is 13.5. The van der Waals surface area contributed by atoms with Gasteiger partial charge in [0, 0.05) is 12.0 Å². The van der Waals surface area contributed by atoms with Gasteiger partial charge in [-0.15, -0.1) is 6.58 Å². The van der Waals surface area contributed by atoms with Crippen molar-refractivity contribution in [3.05, 3.63) is 24.3 Å². The topological polar surface area (TPSA) is 70.0 Å². The first-order valence-corrected chi connectivity index (χ1v) is 16.3. The molecule has 1 N–H and O–H groups in total. The van der Waals surface area contributed by atoms with Crippen molar-refractivity contribution in [1.82, 2.24) is 5.32 Å². The normalized spacial score (nSPS) is 44.3. The Labute approximate surface area is 245 Å². The second-order valence-electron chi connectivity index (χ2n) is 14.7. The summed E-state index contributed by atoms with van der Waals surface area (Å²) in [7, 11) is 0. The van der Waals surface area contributed by atoms with E-state index in [9.17, 15) is 14.9 Å². The Bertz CT molecular complexity index is 1070. The van der Waals surface area contributed by atoms with E-state index in [0.717, 1.165) is 38.5 Å². The van der Waals surface area contributed by atoms with Crippen LogP contribution in [0.2, 0.25) is 0 Å². The molecular formula is C36H58N2O2. The van der Waals surface area contributed by atoms with Crippen LogP contribution in [0.4, 0.5) is 0 Å². The lowest BCUT2D eigenvalue weighted by molar-refractivity contribution is -0.218. The van der Waals surface area contributed by atoms with Gasteiger partial charge in [0.15, 0.2) is 5.78 Å². The van der Waals surface area contributed by atoms with Gasteiger partial charge < -0.3 is 5.32 Å². The van der Waals surface area contributed by atoms with Crippen molar-refractivity contribution in [2.24, 2.45) is 56.7 Å². The van der Waals surface area contributed by atoms with Gasteiger partial charge in [-0.25, -0.2) is 0 Å². The first kappa shape index (κ1) is 32.6. The standard InChI is InChI=1S/C31H46N2O2.C3H6.C2H6/c1-8-33-26(35)31-14-11-19(2)24(31)21-9-10-23-28(5)17-20(18-32)25(34)27(3,4)22(28)12-13-30(23,7)29(21,6)15-16-31;1-3-2;1-2/h17,19,21-24H,8-16H2,1-7H3,(H,33,35);3H,1H2,2H3;1-2H3/t19?,21?,22?,23?,24?,28?,29-,30?,31?;;/m1../s1. The van der Waals surface area contributed by atoms with Gasteiger partial charge in [0.05, 0.1) is 11.0 Å². The van der Waals surface area contributed by atoms with Crippen molar-refractivity contribution in [2.75, 3.05) is 6.54 Å². The molecule has 4 heteroatoms. The Morgan fingerprint density at radius 2 is 1.65 bits per heavy atom. The molecular weight excluding hydrogens is 492 g/mol. The van der Waals surface area contributed by atoms with Crippen LogP contribution in [-0.2, 0) is 9.59 Å². The minimum atomic E-state index is -0.492. The molecule has 0 aliphatic heterocycles. The van der Waals surface area contributed by atoms with Crippen molar-refractivity contribution >= 4 is 11.7 Å². The monoisotopic (exact) mass is 550 g/mol. The predicted octanol–water partition coefficient (Wildman–Crippen LogP) is 8.68. The molecule has 0 spiro atoms. The zero-order valence-electron chi connectivity index (χ0n) is 27.4. The van der Waals surface area contributed by atoms with Crippen LogP contribution in [0, 0.1) is 68.0 Å². The Morgan fingerprint density at radius 1 is 1.02 bits per heavy atom. The molecule has 0 aromatic carbocycles. The van der Waals surface area contributed by atoms with Gasteiger partial charge in [-0.2, -0.15) is 5.26 Å². The number of carbonyl (C=O) groups is 2. The fourth-order valence-corrected chi connectivity index (χ4v) is 11.3. The van der Waals surface area contributed by atoms with Crippen LogP contribution in [0.25, 0.3) is 0 Å². The Morgan fingerprint density at radius 3 is 2.23 bits per heavy atom. The lowest BCUT2D eigenvalue weighted by Gasteiger charge is -2.71. The Balaban J connectivity index is 0.000000827. The van der Waals surface area contributed by atoms with E-state index in [1.54, 1.807) is 6.08 Å².